The van der Waals surface area contributed by atoms with Gasteiger partial charge in [0.2, 0.25) is 5.91 Å². The second-order valence-electron chi connectivity index (χ2n) is 7.08. The highest BCUT2D eigenvalue weighted by atomic mass is 35.5. The number of esters is 1. The number of carbonyl (C=O) groups is 3. The standard InChI is InChI=1S/C18H22Cl2N2O4/c1-18(2,3)26-15(23)10-21-16(24)14-5-4-8-22(14)17(25)12-9-11(19)6-7-13(12)20/h6-7,9,14H,4-5,8,10H2,1-3H3,(H,21,24)/t14-/m1/s1. The summed E-state index contributed by atoms with van der Waals surface area (Å²) in [6, 6.07) is 3.97. The molecule has 6 nitrogen and oxygen atoms in total. The van der Waals surface area contributed by atoms with Crippen LogP contribution in [0.25, 0.3) is 0 Å². The zero-order valence-electron chi connectivity index (χ0n) is 15.0. The normalized spacial score (nSPS) is 17.1. The molecule has 2 rings (SSSR count). The number of carbonyl (C=O) groups excluding carboxylic acids is 3. The van der Waals surface area contributed by atoms with Gasteiger partial charge in [-0.25, -0.2) is 0 Å². The lowest BCUT2D eigenvalue weighted by Gasteiger charge is -2.25. The van der Waals surface area contributed by atoms with E-state index in [2.05, 4.69) is 5.32 Å². The molecule has 1 aliphatic rings. The van der Waals surface area contributed by atoms with E-state index in [0.717, 1.165) is 0 Å². The molecule has 8 heteroatoms. The molecule has 1 fully saturated rings. The summed E-state index contributed by atoms with van der Waals surface area (Å²) in [4.78, 5) is 38.4. The number of amides is 2. The van der Waals surface area contributed by atoms with Crippen molar-refractivity contribution in [2.24, 2.45) is 0 Å². The molecule has 1 saturated heterocycles. The zero-order valence-corrected chi connectivity index (χ0v) is 16.5. The van der Waals surface area contributed by atoms with E-state index in [-0.39, 0.29) is 28.9 Å². The summed E-state index contributed by atoms with van der Waals surface area (Å²) >= 11 is 12.0. The zero-order chi connectivity index (χ0) is 19.5. The third-order valence-corrected chi connectivity index (χ3v) is 4.37. The number of hydrogen-bond acceptors (Lipinski definition) is 4. The summed E-state index contributed by atoms with van der Waals surface area (Å²) in [7, 11) is 0. The van der Waals surface area contributed by atoms with Crippen LogP contribution in [0.1, 0.15) is 44.0 Å². The van der Waals surface area contributed by atoms with E-state index in [0.29, 0.717) is 24.4 Å². The number of nitrogens with zero attached hydrogens (tertiary/aromatic N) is 1. The second-order valence-corrected chi connectivity index (χ2v) is 7.93. The van der Waals surface area contributed by atoms with E-state index in [1.54, 1.807) is 32.9 Å². The minimum atomic E-state index is -0.653. The van der Waals surface area contributed by atoms with Gasteiger partial charge in [0.25, 0.3) is 5.91 Å². The summed E-state index contributed by atoms with van der Waals surface area (Å²) in [6.45, 7) is 5.44. The molecule has 26 heavy (non-hydrogen) atoms. The average molecular weight is 401 g/mol. The van der Waals surface area contributed by atoms with Crippen molar-refractivity contribution >= 4 is 41.0 Å². The largest absolute Gasteiger partial charge is 0.459 e. The van der Waals surface area contributed by atoms with Gasteiger partial charge in [0.05, 0.1) is 10.6 Å². The molecule has 0 saturated carbocycles. The van der Waals surface area contributed by atoms with Crippen molar-refractivity contribution in [1.29, 1.82) is 0 Å². The average Bonchev–Trinajstić information content (AvgIpc) is 3.02. The highest BCUT2D eigenvalue weighted by Gasteiger charge is 2.35. The fraction of sp³-hybridized carbons (Fsp3) is 0.500. The summed E-state index contributed by atoms with van der Waals surface area (Å²) in [6.07, 6.45) is 1.21. The predicted octanol–water partition coefficient (Wildman–Crippen LogP) is 3.06. The maximum atomic E-state index is 12.8. The van der Waals surface area contributed by atoms with E-state index >= 15 is 0 Å². The van der Waals surface area contributed by atoms with E-state index in [9.17, 15) is 14.4 Å². The highest BCUT2D eigenvalue weighted by molar-refractivity contribution is 6.35. The Labute approximate surface area is 162 Å². The van der Waals surface area contributed by atoms with Gasteiger partial charge < -0.3 is 15.0 Å². The molecule has 1 atom stereocenters. The fourth-order valence-electron chi connectivity index (χ4n) is 2.75. The quantitative estimate of drug-likeness (QED) is 0.787. The van der Waals surface area contributed by atoms with Gasteiger partial charge in [-0.05, 0) is 51.8 Å². The molecule has 0 bridgehead atoms. The molecule has 0 aliphatic carbocycles. The van der Waals surface area contributed by atoms with Crippen molar-refractivity contribution in [3.63, 3.8) is 0 Å². The number of hydrogen-bond donors (Lipinski definition) is 1. The molecule has 1 aromatic rings. The van der Waals surface area contributed by atoms with Gasteiger partial charge in [-0.3, -0.25) is 14.4 Å². The van der Waals surface area contributed by atoms with Gasteiger partial charge in [0, 0.05) is 11.6 Å². The fourth-order valence-corrected chi connectivity index (χ4v) is 3.12. The molecule has 1 aliphatic heterocycles. The van der Waals surface area contributed by atoms with Crippen LogP contribution in [0.4, 0.5) is 0 Å². The summed E-state index contributed by atoms with van der Waals surface area (Å²) in [5.41, 5.74) is -0.369. The van der Waals surface area contributed by atoms with Crippen LogP contribution >= 0.6 is 23.2 Å². The van der Waals surface area contributed by atoms with E-state index in [1.807, 2.05) is 0 Å². The van der Waals surface area contributed by atoms with E-state index < -0.39 is 17.6 Å². The van der Waals surface area contributed by atoms with Gasteiger partial charge in [0.15, 0.2) is 0 Å². The van der Waals surface area contributed by atoms with Gasteiger partial charge in [-0.15, -0.1) is 0 Å². The van der Waals surface area contributed by atoms with Crippen molar-refractivity contribution in [3.05, 3.63) is 33.8 Å². The molecule has 2 amide bonds. The Morgan fingerprint density at radius 2 is 1.96 bits per heavy atom. The van der Waals surface area contributed by atoms with Crippen molar-refractivity contribution in [2.75, 3.05) is 13.1 Å². The number of likely N-dealkylation sites (tertiary alicyclic amines) is 1. The van der Waals surface area contributed by atoms with Gasteiger partial charge in [-0.1, -0.05) is 23.2 Å². The second kappa shape index (κ2) is 8.27. The smallest absolute Gasteiger partial charge is 0.325 e. The highest BCUT2D eigenvalue weighted by Crippen LogP contribution is 2.26. The first-order valence-electron chi connectivity index (χ1n) is 8.34. The molecule has 142 valence electrons. The molecule has 1 aromatic carbocycles. The Balaban J connectivity index is 2.03. The minimum Gasteiger partial charge on any atom is -0.459 e. The van der Waals surface area contributed by atoms with Crippen molar-refractivity contribution in [1.82, 2.24) is 10.2 Å². The third-order valence-electron chi connectivity index (χ3n) is 3.80. The maximum absolute atomic E-state index is 12.8. The molecule has 0 aromatic heterocycles. The number of halogens is 2. The lowest BCUT2D eigenvalue weighted by atomic mass is 10.1. The third kappa shape index (κ3) is 5.35. The van der Waals surface area contributed by atoms with Crippen molar-refractivity contribution in [2.45, 2.75) is 45.3 Å². The van der Waals surface area contributed by atoms with Crippen molar-refractivity contribution < 1.29 is 19.1 Å². The van der Waals surface area contributed by atoms with Crippen molar-refractivity contribution in [3.8, 4) is 0 Å². The molecular weight excluding hydrogens is 379 g/mol. The molecule has 0 radical (unpaired) electrons. The first-order valence-corrected chi connectivity index (χ1v) is 9.09. The maximum Gasteiger partial charge on any atom is 0.325 e. The number of ether oxygens (including phenoxy) is 1. The Hall–Kier alpha value is -1.79. The van der Waals surface area contributed by atoms with Gasteiger partial charge >= 0.3 is 5.97 Å². The SMILES string of the molecule is CC(C)(C)OC(=O)CNC(=O)[C@H]1CCCN1C(=O)c1cc(Cl)ccc1Cl. The van der Waals surface area contributed by atoms with Crippen LogP contribution < -0.4 is 5.32 Å². The monoisotopic (exact) mass is 400 g/mol. The van der Waals surface area contributed by atoms with Crippen LogP contribution in [0.15, 0.2) is 18.2 Å². The molecule has 0 unspecified atom stereocenters. The molecule has 0 spiro atoms. The van der Waals surface area contributed by atoms with E-state index in [4.69, 9.17) is 27.9 Å². The Morgan fingerprint density at radius 1 is 1.27 bits per heavy atom. The number of rotatable bonds is 4. The van der Waals surface area contributed by atoms with Crippen LogP contribution in [0, 0.1) is 0 Å². The summed E-state index contributed by atoms with van der Waals surface area (Å²) in [5.74, 6) is -1.27. The first kappa shape index (κ1) is 20.5. The lowest BCUT2D eigenvalue weighted by molar-refractivity contribution is -0.154. The Bertz CT molecular complexity index is 716. The number of benzene rings is 1. The predicted molar refractivity (Wildman–Crippen MR) is 99.4 cm³/mol. The summed E-state index contributed by atoms with van der Waals surface area (Å²) < 4.78 is 5.16. The molecular formula is C18H22Cl2N2O4. The van der Waals surface area contributed by atoms with Crippen LogP contribution in [0.3, 0.4) is 0 Å². The van der Waals surface area contributed by atoms with Crippen LogP contribution in [0.5, 0.6) is 0 Å². The first-order chi connectivity index (χ1) is 12.1. The van der Waals surface area contributed by atoms with Crippen LogP contribution in [-0.4, -0.2) is 47.4 Å². The van der Waals surface area contributed by atoms with Crippen LogP contribution in [-0.2, 0) is 14.3 Å². The minimum absolute atomic E-state index is 0.243. The number of nitrogens with one attached hydrogen (secondary N) is 1. The molecule has 1 heterocycles. The Morgan fingerprint density at radius 3 is 2.62 bits per heavy atom. The Kier molecular flexibility index (Phi) is 6.53. The van der Waals surface area contributed by atoms with E-state index in [1.165, 1.54) is 11.0 Å². The van der Waals surface area contributed by atoms with Gasteiger partial charge in [-0.2, -0.15) is 0 Å². The van der Waals surface area contributed by atoms with Gasteiger partial charge in [0.1, 0.15) is 18.2 Å². The van der Waals surface area contributed by atoms with Crippen LogP contribution in [0.2, 0.25) is 10.0 Å². The molecule has 1 N–H and O–H groups in total. The topological polar surface area (TPSA) is 75.7 Å². The lowest BCUT2D eigenvalue weighted by Crippen LogP contribution is -2.47. The summed E-state index contributed by atoms with van der Waals surface area (Å²) in [5, 5.41) is 3.21.